The van der Waals surface area contributed by atoms with Gasteiger partial charge in [-0.2, -0.15) is 0 Å². The van der Waals surface area contributed by atoms with Gasteiger partial charge in [0.2, 0.25) is 10.0 Å². The predicted octanol–water partition coefficient (Wildman–Crippen LogP) is -0.0931. The lowest BCUT2D eigenvalue weighted by molar-refractivity contribution is 0.0775. The van der Waals surface area contributed by atoms with Crippen LogP contribution in [0.25, 0.3) is 0 Å². The molecule has 1 aliphatic rings. The number of hydrogen-bond acceptors (Lipinski definition) is 3. The topological polar surface area (TPSA) is 85.4 Å². The van der Waals surface area contributed by atoms with Crippen LogP contribution in [0, 0.1) is 0 Å². The van der Waals surface area contributed by atoms with Crippen LogP contribution in [0.1, 0.15) is 23.3 Å². The molecule has 2 rings (SSSR count). The molecule has 0 aliphatic heterocycles. The fourth-order valence-corrected chi connectivity index (χ4v) is 2.29. The molecule has 1 heterocycles. The lowest BCUT2D eigenvalue weighted by atomic mass is 10.3. The number of sulfonamides is 1. The van der Waals surface area contributed by atoms with E-state index in [9.17, 15) is 13.2 Å². The molecule has 6 nitrogen and oxygen atoms in total. The van der Waals surface area contributed by atoms with Crippen LogP contribution in [0.3, 0.4) is 0 Å². The molecule has 0 radical (unpaired) electrons. The number of rotatable bonds is 3. The van der Waals surface area contributed by atoms with Gasteiger partial charge in [0.05, 0.1) is 0 Å². The lowest BCUT2D eigenvalue weighted by Crippen LogP contribution is -2.30. The van der Waals surface area contributed by atoms with E-state index in [0.29, 0.717) is 5.69 Å². The van der Waals surface area contributed by atoms with Crippen molar-refractivity contribution in [3.8, 4) is 0 Å². The fraction of sp³-hybridized carbons (Fsp3) is 0.500. The smallest absolute Gasteiger partial charge is 0.270 e. The molecule has 0 bridgehead atoms. The molecular weight excluding hydrogens is 242 g/mol. The van der Waals surface area contributed by atoms with Gasteiger partial charge in [0.1, 0.15) is 10.6 Å². The second-order valence-corrected chi connectivity index (χ2v) is 5.93. The SMILES string of the molecule is CN(C(=O)c1cc(S(N)(=O)=O)cn1C)C1CC1. The molecule has 2 N–H and O–H groups in total. The van der Waals surface area contributed by atoms with Crippen molar-refractivity contribution in [1.29, 1.82) is 0 Å². The minimum absolute atomic E-state index is 0.0347. The van der Waals surface area contributed by atoms with Crippen LogP contribution in [0.15, 0.2) is 17.2 Å². The largest absolute Gasteiger partial charge is 0.345 e. The number of primary sulfonamides is 1. The summed E-state index contributed by atoms with van der Waals surface area (Å²) in [7, 11) is -0.406. The van der Waals surface area contributed by atoms with Crippen LogP contribution < -0.4 is 5.14 Å². The summed E-state index contributed by atoms with van der Waals surface area (Å²) >= 11 is 0. The molecule has 0 atom stereocenters. The number of aromatic nitrogens is 1. The van der Waals surface area contributed by atoms with Gasteiger partial charge in [-0.05, 0) is 18.9 Å². The second-order valence-electron chi connectivity index (χ2n) is 4.36. The maximum absolute atomic E-state index is 12.1. The van der Waals surface area contributed by atoms with Crippen molar-refractivity contribution in [3.63, 3.8) is 0 Å². The summed E-state index contributed by atoms with van der Waals surface area (Å²) in [5.74, 6) is -0.176. The van der Waals surface area contributed by atoms with E-state index >= 15 is 0 Å². The first-order valence-electron chi connectivity index (χ1n) is 5.27. The molecule has 7 heteroatoms. The van der Waals surface area contributed by atoms with E-state index in [2.05, 4.69) is 0 Å². The standard InChI is InChI=1S/C10H15N3O3S/c1-12-6-8(17(11,15)16)5-9(12)10(14)13(2)7-3-4-7/h5-7H,3-4H2,1-2H3,(H2,11,15,16). The number of hydrogen-bond donors (Lipinski definition) is 1. The summed E-state index contributed by atoms with van der Waals surface area (Å²) in [5.41, 5.74) is 0.337. The molecule has 0 saturated heterocycles. The van der Waals surface area contributed by atoms with E-state index in [1.54, 1.807) is 19.0 Å². The van der Waals surface area contributed by atoms with E-state index in [1.165, 1.54) is 16.8 Å². The molecule has 1 amide bonds. The van der Waals surface area contributed by atoms with Gasteiger partial charge in [-0.25, -0.2) is 13.6 Å². The van der Waals surface area contributed by atoms with Crippen molar-refractivity contribution >= 4 is 15.9 Å². The minimum atomic E-state index is -3.76. The monoisotopic (exact) mass is 257 g/mol. The van der Waals surface area contributed by atoms with Crippen molar-refractivity contribution in [3.05, 3.63) is 18.0 Å². The van der Waals surface area contributed by atoms with Crippen molar-refractivity contribution in [1.82, 2.24) is 9.47 Å². The van der Waals surface area contributed by atoms with Gasteiger partial charge >= 0.3 is 0 Å². The third kappa shape index (κ3) is 2.34. The zero-order chi connectivity index (χ0) is 12.8. The quantitative estimate of drug-likeness (QED) is 0.821. The highest BCUT2D eigenvalue weighted by Crippen LogP contribution is 2.27. The van der Waals surface area contributed by atoms with Gasteiger partial charge in [0.25, 0.3) is 5.91 Å². The van der Waals surface area contributed by atoms with Gasteiger partial charge in [0.15, 0.2) is 0 Å². The predicted molar refractivity (Wildman–Crippen MR) is 61.9 cm³/mol. The van der Waals surface area contributed by atoms with Gasteiger partial charge in [-0.15, -0.1) is 0 Å². The molecule has 0 unspecified atom stereocenters. The van der Waals surface area contributed by atoms with Gasteiger partial charge in [-0.1, -0.05) is 0 Å². The van der Waals surface area contributed by atoms with E-state index < -0.39 is 10.0 Å². The average molecular weight is 257 g/mol. The number of amides is 1. The Morgan fingerprint density at radius 3 is 2.53 bits per heavy atom. The molecule has 17 heavy (non-hydrogen) atoms. The molecule has 1 fully saturated rings. The Kier molecular flexibility index (Phi) is 2.75. The Morgan fingerprint density at radius 1 is 1.53 bits per heavy atom. The number of aryl methyl sites for hydroxylation is 1. The lowest BCUT2D eigenvalue weighted by Gasteiger charge is -2.16. The normalized spacial score (nSPS) is 15.9. The Bertz CT molecular complexity index is 557. The summed E-state index contributed by atoms with van der Waals surface area (Å²) in [6.45, 7) is 0. The third-order valence-corrected chi connectivity index (χ3v) is 3.82. The molecule has 94 valence electrons. The first kappa shape index (κ1) is 12.1. The molecule has 0 aromatic carbocycles. The first-order valence-corrected chi connectivity index (χ1v) is 6.81. The highest BCUT2D eigenvalue weighted by atomic mass is 32.2. The summed E-state index contributed by atoms with van der Waals surface area (Å²) in [6, 6.07) is 1.60. The third-order valence-electron chi connectivity index (χ3n) is 2.94. The Labute approximate surface area is 100 Å². The van der Waals surface area contributed by atoms with Crippen molar-refractivity contribution < 1.29 is 13.2 Å². The highest BCUT2D eigenvalue weighted by molar-refractivity contribution is 7.89. The van der Waals surface area contributed by atoms with Gasteiger partial charge < -0.3 is 9.47 Å². The number of nitrogens with zero attached hydrogens (tertiary/aromatic N) is 2. The van der Waals surface area contributed by atoms with E-state index in [4.69, 9.17) is 5.14 Å². The Hall–Kier alpha value is -1.34. The maximum atomic E-state index is 12.1. The zero-order valence-electron chi connectivity index (χ0n) is 9.75. The summed E-state index contributed by atoms with van der Waals surface area (Å²) in [5, 5.41) is 5.02. The van der Waals surface area contributed by atoms with Crippen molar-refractivity contribution in [2.75, 3.05) is 7.05 Å². The van der Waals surface area contributed by atoms with Crippen molar-refractivity contribution in [2.45, 2.75) is 23.8 Å². The van der Waals surface area contributed by atoms with Crippen molar-refractivity contribution in [2.24, 2.45) is 12.2 Å². The molecule has 1 aliphatic carbocycles. The molecule has 1 saturated carbocycles. The highest BCUT2D eigenvalue weighted by Gasteiger charge is 2.31. The van der Waals surface area contributed by atoms with E-state index in [-0.39, 0.29) is 16.8 Å². The molecule has 0 spiro atoms. The Balaban J connectivity index is 2.32. The van der Waals surface area contributed by atoms with Crippen LogP contribution >= 0.6 is 0 Å². The maximum Gasteiger partial charge on any atom is 0.270 e. The van der Waals surface area contributed by atoms with Crippen LogP contribution in [-0.4, -0.2) is 36.9 Å². The van der Waals surface area contributed by atoms with E-state index in [1.807, 2.05) is 0 Å². The first-order chi connectivity index (χ1) is 7.80. The van der Waals surface area contributed by atoms with Gasteiger partial charge in [-0.3, -0.25) is 4.79 Å². The average Bonchev–Trinajstić information content (AvgIpc) is 2.98. The number of carbonyl (C=O) groups excluding carboxylic acids is 1. The van der Waals surface area contributed by atoms with Crippen LogP contribution in [-0.2, 0) is 17.1 Å². The molecule has 1 aromatic rings. The van der Waals surface area contributed by atoms with E-state index in [0.717, 1.165) is 12.8 Å². The number of nitrogens with two attached hydrogens (primary N) is 1. The Morgan fingerprint density at radius 2 is 2.12 bits per heavy atom. The fourth-order valence-electron chi connectivity index (χ4n) is 1.71. The minimum Gasteiger partial charge on any atom is -0.345 e. The summed E-state index contributed by atoms with van der Waals surface area (Å²) in [6.07, 6.45) is 3.37. The molecule has 1 aromatic heterocycles. The number of carbonyl (C=O) groups is 1. The summed E-state index contributed by atoms with van der Waals surface area (Å²) < 4.78 is 23.8. The van der Waals surface area contributed by atoms with Crippen LogP contribution in [0.4, 0.5) is 0 Å². The summed E-state index contributed by atoms with van der Waals surface area (Å²) in [4.78, 5) is 13.7. The van der Waals surface area contributed by atoms with Crippen LogP contribution in [0.5, 0.6) is 0 Å². The molecular formula is C10H15N3O3S. The zero-order valence-corrected chi connectivity index (χ0v) is 10.6. The second kappa shape index (κ2) is 3.85. The van der Waals surface area contributed by atoms with Gasteiger partial charge in [0, 0.05) is 26.3 Å². The van der Waals surface area contributed by atoms with Crippen LogP contribution in [0.2, 0.25) is 0 Å².